The van der Waals surface area contributed by atoms with Crippen molar-refractivity contribution in [3.8, 4) is 0 Å². The van der Waals surface area contributed by atoms with Gasteiger partial charge < -0.3 is 15.0 Å². The molecule has 4 amide bonds. The Labute approximate surface area is 164 Å². The van der Waals surface area contributed by atoms with Crippen molar-refractivity contribution >= 4 is 29.5 Å². The molecule has 1 aromatic rings. The Bertz CT molecular complexity index is 781. The van der Waals surface area contributed by atoms with Crippen molar-refractivity contribution in [3.05, 3.63) is 29.8 Å². The summed E-state index contributed by atoms with van der Waals surface area (Å²) in [7, 11) is 0. The molecule has 1 fully saturated rings. The topological polar surface area (TPSA) is 108 Å². The van der Waals surface area contributed by atoms with Crippen molar-refractivity contribution in [2.75, 3.05) is 24.6 Å². The molecule has 1 aromatic carbocycles. The molecular weight excluding hydrogens is 364 g/mol. The summed E-state index contributed by atoms with van der Waals surface area (Å²) >= 11 is 0. The number of ether oxygens (including phenoxy) is 1. The minimum absolute atomic E-state index is 0.0946. The van der Waals surface area contributed by atoms with Crippen LogP contribution in [0, 0.1) is 0 Å². The normalized spacial score (nSPS) is 18.6. The number of nitrogens with one attached hydrogen (secondary N) is 2. The van der Waals surface area contributed by atoms with Gasteiger partial charge in [-0.05, 0) is 45.4 Å². The Morgan fingerprint density at radius 2 is 1.96 bits per heavy atom. The van der Waals surface area contributed by atoms with Gasteiger partial charge in [0, 0.05) is 12.2 Å². The van der Waals surface area contributed by atoms with Gasteiger partial charge in [0.1, 0.15) is 5.54 Å². The number of anilines is 1. The van der Waals surface area contributed by atoms with Crippen LogP contribution in [0.1, 0.15) is 44.5 Å². The minimum atomic E-state index is -1.03. The van der Waals surface area contributed by atoms with E-state index in [2.05, 4.69) is 10.7 Å². The molecular formula is C19H26N4O5. The summed E-state index contributed by atoms with van der Waals surface area (Å²) in [6, 6.07) is 6.08. The van der Waals surface area contributed by atoms with Crippen LogP contribution in [0.25, 0.3) is 0 Å². The van der Waals surface area contributed by atoms with Crippen molar-refractivity contribution < 1.29 is 23.9 Å². The van der Waals surface area contributed by atoms with E-state index < -0.39 is 29.4 Å². The van der Waals surface area contributed by atoms with Crippen LogP contribution in [-0.4, -0.2) is 54.1 Å². The molecule has 2 rings (SSSR count). The molecule has 1 aliphatic heterocycles. The highest BCUT2D eigenvalue weighted by molar-refractivity contribution is 6.07. The van der Waals surface area contributed by atoms with Gasteiger partial charge in [0.05, 0.1) is 18.7 Å². The van der Waals surface area contributed by atoms with E-state index >= 15 is 0 Å². The molecule has 0 spiro atoms. The fourth-order valence-electron chi connectivity index (χ4n) is 2.79. The molecule has 9 nitrogen and oxygen atoms in total. The third-order valence-corrected chi connectivity index (χ3v) is 4.64. The Morgan fingerprint density at radius 3 is 2.54 bits per heavy atom. The molecule has 152 valence electrons. The molecule has 0 unspecified atom stereocenters. The molecule has 0 saturated carbocycles. The third kappa shape index (κ3) is 4.41. The quantitative estimate of drug-likeness (QED) is 0.514. The van der Waals surface area contributed by atoms with Gasteiger partial charge in [-0.3, -0.25) is 15.0 Å². The summed E-state index contributed by atoms with van der Waals surface area (Å²) in [5.74, 6) is -1.46. The van der Waals surface area contributed by atoms with E-state index in [4.69, 9.17) is 4.74 Å². The number of urea groups is 1. The second kappa shape index (κ2) is 8.73. The van der Waals surface area contributed by atoms with Gasteiger partial charge in [-0.15, -0.1) is 0 Å². The second-order valence-corrected chi connectivity index (χ2v) is 6.58. The first kappa shape index (κ1) is 21.2. The Hall–Kier alpha value is -3.10. The van der Waals surface area contributed by atoms with Crippen molar-refractivity contribution in [3.63, 3.8) is 0 Å². The molecule has 0 aliphatic carbocycles. The highest BCUT2D eigenvalue weighted by Gasteiger charge is 2.47. The lowest BCUT2D eigenvalue weighted by molar-refractivity contribution is -0.138. The Balaban J connectivity index is 2.08. The van der Waals surface area contributed by atoms with Gasteiger partial charge in [0.15, 0.2) is 0 Å². The molecule has 0 aromatic heterocycles. The predicted molar refractivity (Wildman–Crippen MR) is 103 cm³/mol. The predicted octanol–water partition coefficient (Wildman–Crippen LogP) is 1.44. The molecule has 1 saturated heterocycles. The maximum absolute atomic E-state index is 12.4. The van der Waals surface area contributed by atoms with E-state index in [-0.39, 0.29) is 13.2 Å². The summed E-state index contributed by atoms with van der Waals surface area (Å²) in [4.78, 5) is 50.5. The molecule has 1 atom stereocenters. The van der Waals surface area contributed by atoms with Gasteiger partial charge in [-0.2, -0.15) is 5.01 Å². The first-order valence-electron chi connectivity index (χ1n) is 9.24. The average molecular weight is 390 g/mol. The second-order valence-electron chi connectivity index (χ2n) is 6.58. The van der Waals surface area contributed by atoms with Crippen LogP contribution in [0.2, 0.25) is 0 Å². The van der Waals surface area contributed by atoms with Gasteiger partial charge in [0.2, 0.25) is 0 Å². The number of imide groups is 1. The molecule has 9 heteroatoms. The summed E-state index contributed by atoms with van der Waals surface area (Å²) in [5, 5.41) is 3.29. The van der Waals surface area contributed by atoms with Crippen LogP contribution in [0.3, 0.4) is 0 Å². The van der Waals surface area contributed by atoms with Crippen molar-refractivity contribution in [2.45, 2.75) is 39.7 Å². The van der Waals surface area contributed by atoms with Crippen LogP contribution >= 0.6 is 0 Å². The molecule has 0 radical (unpaired) electrons. The van der Waals surface area contributed by atoms with E-state index in [1.165, 1.54) is 0 Å². The summed E-state index contributed by atoms with van der Waals surface area (Å²) < 4.78 is 4.99. The number of amides is 4. The maximum atomic E-state index is 12.4. The fourth-order valence-corrected chi connectivity index (χ4v) is 2.79. The number of hydrogen-bond donors (Lipinski definition) is 2. The van der Waals surface area contributed by atoms with E-state index in [1.54, 1.807) is 49.9 Å². The number of rotatable bonds is 8. The zero-order valence-electron chi connectivity index (χ0n) is 16.6. The number of hydrogen-bond acceptors (Lipinski definition) is 6. The minimum Gasteiger partial charge on any atom is -0.462 e. The number of esters is 1. The zero-order valence-corrected chi connectivity index (χ0v) is 16.6. The number of likely N-dealkylation sites (N-methyl/N-ethyl adjacent to an activating group) is 1. The number of nitrogens with zero attached hydrogens (tertiary/aromatic N) is 2. The number of carbonyl (C=O) groups excluding carboxylic acids is 4. The number of hydrazine groups is 1. The van der Waals surface area contributed by atoms with Crippen LogP contribution in [0.5, 0.6) is 0 Å². The number of carbonyl (C=O) groups is 4. The molecule has 0 bridgehead atoms. The Morgan fingerprint density at radius 1 is 1.25 bits per heavy atom. The van der Waals surface area contributed by atoms with Crippen LogP contribution in [0.4, 0.5) is 10.5 Å². The standard InChI is InChI=1S/C19H26N4O5/c1-5-19(4)17(26)23(18(27)20-19)21-15(24)12-22(6-2)14-10-8-9-13(11-14)16(25)28-7-3/h8-11H,5-7,12H2,1-4H3,(H,20,27)(H,21,24)/t19-/m0/s1. The van der Waals surface area contributed by atoms with Crippen molar-refractivity contribution in [1.29, 1.82) is 0 Å². The highest BCUT2D eigenvalue weighted by Crippen LogP contribution is 2.20. The average Bonchev–Trinajstić information content (AvgIpc) is 2.90. The molecule has 1 aliphatic rings. The third-order valence-electron chi connectivity index (χ3n) is 4.64. The van der Waals surface area contributed by atoms with E-state index in [0.717, 1.165) is 0 Å². The first-order chi connectivity index (χ1) is 13.3. The lowest BCUT2D eigenvalue weighted by Crippen LogP contribution is -2.51. The molecule has 2 N–H and O–H groups in total. The van der Waals surface area contributed by atoms with Crippen LogP contribution in [-0.2, 0) is 14.3 Å². The van der Waals surface area contributed by atoms with Crippen molar-refractivity contribution in [2.24, 2.45) is 0 Å². The SMILES string of the molecule is CCOC(=O)c1cccc(N(CC)CC(=O)NN2C(=O)N[C@@](C)(CC)C2=O)c1. The smallest absolute Gasteiger partial charge is 0.344 e. The fraction of sp³-hybridized carbons (Fsp3) is 0.474. The van der Waals surface area contributed by atoms with Gasteiger partial charge in [-0.25, -0.2) is 9.59 Å². The maximum Gasteiger partial charge on any atom is 0.344 e. The monoisotopic (exact) mass is 390 g/mol. The van der Waals surface area contributed by atoms with E-state index in [9.17, 15) is 19.2 Å². The molecule has 28 heavy (non-hydrogen) atoms. The van der Waals surface area contributed by atoms with Crippen LogP contribution in [0.15, 0.2) is 24.3 Å². The summed E-state index contributed by atoms with van der Waals surface area (Å²) in [6.45, 7) is 7.62. The highest BCUT2D eigenvalue weighted by atomic mass is 16.5. The lowest BCUT2D eigenvalue weighted by atomic mass is 10.00. The summed E-state index contributed by atoms with van der Waals surface area (Å²) in [5.41, 5.74) is 2.37. The van der Waals surface area contributed by atoms with Gasteiger partial charge >= 0.3 is 12.0 Å². The van der Waals surface area contributed by atoms with Crippen LogP contribution < -0.4 is 15.6 Å². The van der Waals surface area contributed by atoms with Gasteiger partial charge in [0.25, 0.3) is 11.8 Å². The van der Waals surface area contributed by atoms with E-state index in [0.29, 0.717) is 29.2 Å². The van der Waals surface area contributed by atoms with E-state index in [1.807, 2.05) is 6.92 Å². The summed E-state index contributed by atoms with van der Waals surface area (Å²) in [6.07, 6.45) is 0.408. The molecule has 1 heterocycles. The zero-order chi connectivity index (χ0) is 20.9. The van der Waals surface area contributed by atoms with Gasteiger partial charge in [-0.1, -0.05) is 13.0 Å². The largest absolute Gasteiger partial charge is 0.462 e. The Kier molecular flexibility index (Phi) is 6.61. The number of benzene rings is 1. The lowest BCUT2D eigenvalue weighted by Gasteiger charge is -2.24. The first-order valence-corrected chi connectivity index (χ1v) is 9.24. The van der Waals surface area contributed by atoms with Crippen molar-refractivity contribution in [1.82, 2.24) is 15.8 Å².